The van der Waals surface area contributed by atoms with Crippen LogP contribution < -0.4 is 10.9 Å². The fourth-order valence-corrected chi connectivity index (χ4v) is 5.38. The van der Waals surface area contributed by atoms with E-state index in [1.807, 2.05) is 13.8 Å². The van der Waals surface area contributed by atoms with Crippen molar-refractivity contribution in [2.45, 2.75) is 101 Å². The average molecular weight is 470 g/mol. The van der Waals surface area contributed by atoms with Gasteiger partial charge < -0.3 is 5.32 Å². The first-order chi connectivity index (χ1) is 15.6. The molecule has 1 saturated carbocycles. The smallest absolute Gasteiger partial charge is 0.257 e. The van der Waals surface area contributed by atoms with Gasteiger partial charge in [0.25, 0.3) is 5.56 Å². The summed E-state index contributed by atoms with van der Waals surface area (Å²) in [6, 6.07) is 8.77. The lowest BCUT2D eigenvalue weighted by atomic mass is 9.86. The normalized spacial score (nSPS) is 15.9. The molecule has 1 amide bonds. The molecule has 1 aliphatic rings. The Hall–Kier alpha value is -2.08. The number of thioether (sulfide) groups is 1. The number of rotatable bonds is 7. The second kappa shape index (κ2) is 10.9. The molecule has 180 valence electrons. The zero-order valence-corrected chi connectivity index (χ0v) is 21.8. The van der Waals surface area contributed by atoms with Crippen molar-refractivity contribution in [2.24, 2.45) is 7.05 Å². The van der Waals surface area contributed by atoms with Gasteiger partial charge in [-0.1, -0.05) is 83.0 Å². The third-order valence-corrected chi connectivity index (χ3v) is 8.02. The zero-order chi connectivity index (χ0) is 24.2. The Morgan fingerprint density at radius 2 is 1.82 bits per heavy atom. The number of carbonyl (C=O) groups is 1. The molecule has 1 aliphatic carbocycles. The first-order valence-corrected chi connectivity index (χ1v) is 13.1. The summed E-state index contributed by atoms with van der Waals surface area (Å²) >= 11 is 1.40. The van der Waals surface area contributed by atoms with Gasteiger partial charge in [-0.05, 0) is 42.7 Å². The molecule has 0 aliphatic heterocycles. The van der Waals surface area contributed by atoms with Crippen LogP contribution in [0, 0.1) is 6.92 Å². The van der Waals surface area contributed by atoms with Crippen LogP contribution in [0.2, 0.25) is 0 Å². The van der Waals surface area contributed by atoms with Crippen LogP contribution in [-0.4, -0.2) is 26.8 Å². The van der Waals surface area contributed by atoms with E-state index < -0.39 is 0 Å². The number of amides is 1. The number of benzene rings is 1. The average Bonchev–Trinajstić information content (AvgIpc) is 2.78. The molecule has 0 radical (unpaired) electrons. The summed E-state index contributed by atoms with van der Waals surface area (Å²) in [5.74, 6) is 0.0596. The van der Waals surface area contributed by atoms with E-state index in [4.69, 9.17) is 4.98 Å². The molecule has 1 aromatic carbocycles. The predicted molar refractivity (Wildman–Crippen MR) is 137 cm³/mol. The summed E-state index contributed by atoms with van der Waals surface area (Å²) in [4.78, 5) is 30.8. The quantitative estimate of drug-likeness (QED) is 0.442. The molecule has 1 aromatic heterocycles. The van der Waals surface area contributed by atoms with Crippen LogP contribution in [0.15, 0.2) is 34.2 Å². The van der Waals surface area contributed by atoms with Crippen LogP contribution in [0.3, 0.4) is 0 Å². The van der Waals surface area contributed by atoms with Crippen molar-refractivity contribution in [1.29, 1.82) is 0 Å². The summed E-state index contributed by atoms with van der Waals surface area (Å²) < 4.78 is 1.60. The maximum absolute atomic E-state index is 13.2. The predicted octanol–water partition coefficient (Wildman–Crippen LogP) is 5.30. The molecule has 6 heteroatoms. The lowest BCUT2D eigenvalue weighted by Crippen LogP contribution is -2.41. The standard InChI is InChI=1S/C27H39N3O2S/c1-7-23(24(31)29-21-11-9-8-10-12-21)33-26-28-18(2)22(25(32)30(26)6)17-19-13-15-20(16-14-19)27(3,4)5/h13-16,21,23H,7-12,17H2,1-6H3,(H,29,31). The molecule has 0 spiro atoms. The largest absolute Gasteiger partial charge is 0.352 e. The highest BCUT2D eigenvalue weighted by molar-refractivity contribution is 8.00. The highest BCUT2D eigenvalue weighted by atomic mass is 32.2. The molecular weight excluding hydrogens is 430 g/mol. The molecule has 1 N–H and O–H groups in total. The van der Waals surface area contributed by atoms with Gasteiger partial charge in [-0.25, -0.2) is 4.98 Å². The van der Waals surface area contributed by atoms with E-state index in [-0.39, 0.29) is 28.2 Å². The summed E-state index contributed by atoms with van der Waals surface area (Å²) in [6.45, 7) is 10.5. The van der Waals surface area contributed by atoms with Gasteiger partial charge in [0.1, 0.15) is 0 Å². The van der Waals surface area contributed by atoms with E-state index >= 15 is 0 Å². The Morgan fingerprint density at radius 3 is 2.39 bits per heavy atom. The minimum atomic E-state index is -0.250. The first-order valence-electron chi connectivity index (χ1n) is 12.2. The summed E-state index contributed by atoms with van der Waals surface area (Å²) in [6.07, 6.45) is 7.01. The van der Waals surface area contributed by atoms with Gasteiger partial charge in [0, 0.05) is 30.8 Å². The van der Waals surface area contributed by atoms with Crippen molar-refractivity contribution >= 4 is 17.7 Å². The Morgan fingerprint density at radius 1 is 1.18 bits per heavy atom. The minimum absolute atomic E-state index is 0.0348. The van der Waals surface area contributed by atoms with E-state index in [0.29, 0.717) is 23.6 Å². The molecular formula is C27H39N3O2S. The molecule has 0 bridgehead atoms. The van der Waals surface area contributed by atoms with Crippen LogP contribution in [0.1, 0.15) is 88.6 Å². The number of aryl methyl sites for hydroxylation is 1. The number of hydrogen-bond acceptors (Lipinski definition) is 4. The molecule has 5 nitrogen and oxygen atoms in total. The van der Waals surface area contributed by atoms with Crippen molar-refractivity contribution in [3.8, 4) is 0 Å². The Balaban J connectivity index is 1.75. The topological polar surface area (TPSA) is 64.0 Å². The molecule has 1 atom stereocenters. The van der Waals surface area contributed by atoms with Gasteiger partial charge >= 0.3 is 0 Å². The number of nitrogens with one attached hydrogen (secondary N) is 1. The number of hydrogen-bond donors (Lipinski definition) is 1. The van der Waals surface area contributed by atoms with Crippen molar-refractivity contribution in [1.82, 2.24) is 14.9 Å². The fourth-order valence-electron chi connectivity index (χ4n) is 4.36. The maximum Gasteiger partial charge on any atom is 0.257 e. The second-order valence-corrected chi connectivity index (χ2v) is 11.5. The first kappa shape index (κ1) is 25.5. The van der Waals surface area contributed by atoms with Crippen molar-refractivity contribution in [2.75, 3.05) is 0 Å². The van der Waals surface area contributed by atoms with Crippen LogP contribution in [-0.2, 0) is 23.7 Å². The van der Waals surface area contributed by atoms with Crippen molar-refractivity contribution in [3.05, 3.63) is 57.0 Å². The van der Waals surface area contributed by atoms with E-state index in [2.05, 4.69) is 50.4 Å². The Bertz CT molecular complexity index is 1020. The fraction of sp³-hybridized carbons (Fsp3) is 0.593. The lowest BCUT2D eigenvalue weighted by molar-refractivity contribution is -0.121. The van der Waals surface area contributed by atoms with Crippen LogP contribution in [0.5, 0.6) is 0 Å². The molecule has 1 unspecified atom stereocenters. The Labute approximate surface area is 202 Å². The van der Waals surface area contributed by atoms with E-state index in [0.717, 1.165) is 24.1 Å². The van der Waals surface area contributed by atoms with Crippen LogP contribution in [0.4, 0.5) is 0 Å². The SMILES string of the molecule is CCC(Sc1nc(C)c(Cc2ccc(C(C)(C)C)cc2)c(=O)n1C)C(=O)NC1CCCCC1. The molecule has 3 rings (SSSR count). The lowest BCUT2D eigenvalue weighted by Gasteiger charge is -2.25. The summed E-state index contributed by atoms with van der Waals surface area (Å²) in [5.41, 5.74) is 3.89. The number of aromatic nitrogens is 2. The van der Waals surface area contributed by atoms with Crippen molar-refractivity contribution in [3.63, 3.8) is 0 Å². The van der Waals surface area contributed by atoms with E-state index in [9.17, 15) is 9.59 Å². The van der Waals surface area contributed by atoms with Crippen molar-refractivity contribution < 1.29 is 4.79 Å². The molecule has 0 saturated heterocycles. The van der Waals surface area contributed by atoms with E-state index in [1.165, 1.54) is 36.6 Å². The van der Waals surface area contributed by atoms with Crippen LogP contribution >= 0.6 is 11.8 Å². The molecule has 1 fully saturated rings. The highest BCUT2D eigenvalue weighted by Gasteiger charge is 2.25. The van der Waals surface area contributed by atoms with Gasteiger partial charge in [0.05, 0.1) is 5.25 Å². The molecule has 2 aromatic rings. The van der Waals surface area contributed by atoms with Gasteiger partial charge in [-0.2, -0.15) is 0 Å². The molecule has 1 heterocycles. The van der Waals surface area contributed by atoms with Crippen LogP contribution in [0.25, 0.3) is 0 Å². The molecule has 33 heavy (non-hydrogen) atoms. The number of nitrogens with zero attached hydrogens (tertiary/aromatic N) is 2. The monoisotopic (exact) mass is 469 g/mol. The van der Waals surface area contributed by atoms with Gasteiger partial charge in [-0.15, -0.1) is 0 Å². The third-order valence-electron chi connectivity index (χ3n) is 6.61. The van der Waals surface area contributed by atoms with Gasteiger partial charge in [0.15, 0.2) is 5.16 Å². The van der Waals surface area contributed by atoms with E-state index in [1.54, 1.807) is 11.6 Å². The number of carbonyl (C=O) groups excluding carboxylic acids is 1. The summed E-state index contributed by atoms with van der Waals surface area (Å²) in [7, 11) is 1.76. The summed E-state index contributed by atoms with van der Waals surface area (Å²) in [5, 5.41) is 3.58. The zero-order valence-electron chi connectivity index (χ0n) is 21.0. The second-order valence-electron chi connectivity index (χ2n) is 10.3. The Kier molecular flexibility index (Phi) is 8.43. The minimum Gasteiger partial charge on any atom is -0.352 e. The van der Waals surface area contributed by atoms with Gasteiger partial charge in [-0.3, -0.25) is 14.2 Å². The third kappa shape index (κ3) is 6.50. The van der Waals surface area contributed by atoms with Gasteiger partial charge in [0.2, 0.25) is 5.91 Å². The highest BCUT2D eigenvalue weighted by Crippen LogP contribution is 2.26. The maximum atomic E-state index is 13.2.